The van der Waals surface area contributed by atoms with Gasteiger partial charge in [-0.15, -0.1) is 0 Å². The summed E-state index contributed by atoms with van der Waals surface area (Å²) in [5, 5.41) is 8.56. The van der Waals surface area contributed by atoms with Gasteiger partial charge in [0.25, 0.3) is 10.1 Å². The number of carboxylic acids is 1. The van der Waals surface area contributed by atoms with Crippen LogP contribution in [0.3, 0.4) is 0 Å². The van der Waals surface area contributed by atoms with Crippen molar-refractivity contribution in [2.45, 2.75) is 32.6 Å². The largest absolute Gasteiger partial charge is 0.479 e. The van der Waals surface area contributed by atoms with E-state index in [4.69, 9.17) is 15.4 Å². The quantitative estimate of drug-likeness (QED) is 0.629. The van der Waals surface area contributed by atoms with E-state index in [9.17, 15) is 13.2 Å². The van der Waals surface area contributed by atoms with Crippen molar-refractivity contribution < 1.29 is 22.9 Å². The van der Waals surface area contributed by atoms with Gasteiger partial charge < -0.3 is 10.8 Å². The molecule has 17 heavy (non-hydrogen) atoms. The highest BCUT2D eigenvalue weighted by Gasteiger charge is 2.48. The number of likely N-dealkylation sites (N-methyl/N-ethyl adjacent to an activating group) is 1. The normalized spacial score (nSPS) is 13.7. The standard InChI is InChI=1S/C5H11NO5S.C2H7N.C2H6/c1-5(4(7)8,6(2)3)12(9,10)11;1-2-3;1-2/h1-3H3,(H,7,8)(H,9,10,11);2-3H2,1H3;1-2H3. The molecular formula is C9H24N2O5S. The van der Waals surface area contributed by atoms with Crippen LogP contribution in [0.4, 0.5) is 0 Å². The fourth-order valence-corrected chi connectivity index (χ4v) is 1.21. The maximum absolute atomic E-state index is 10.7. The van der Waals surface area contributed by atoms with Crippen LogP contribution in [-0.4, -0.2) is 54.5 Å². The van der Waals surface area contributed by atoms with Gasteiger partial charge in [0.2, 0.25) is 4.87 Å². The highest BCUT2D eigenvalue weighted by Crippen LogP contribution is 2.18. The van der Waals surface area contributed by atoms with Gasteiger partial charge in [-0.05, 0) is 27.6 Å². The van der Waals surface area contributed by atoms with Gasteiger partial charge >= 0.3 is 5.97 Å². The molecular weight excluding hydrogens is 248 g/mol. The topological polar surface area (TPSA) is 121 Å². The second kappa shape index (κ2) is 9.34. The van der Waals surface area contributed by atoms with Crippen LogP contribution in [0, 0.1) is 0 Å². The van der Waals surface area contributed by atoms with E-state index in [0.29, 0.717) is 0 Å². The average molecular weight is 272 g/mol. The first-order valence-electron chi connectivity index (χ1n) is 5.13. The van der Waals surface area contributed by atoms with E-state index in [1.54, 1.807) is 0 Å². The smallest absolute Gasteiger partial charge is 0.342 e. The van der Waals surface area contributed by atoms with Gasteiger partial charge in [0.05, 0.1) is 0 Å². The summed E-state index contributed by atoms with van der Waals surface area (Å²) in [6, 6.07) is 0. The van der Waals surface area contributed by atoms with E-state index in [1.807, 2.05) is 20.8 Å². The Morgan fingerprint density at radius 1 is 1.35 bits per heavy atom. The van der Waals surface area contributed by atoms with Crippen LogP contribution in [0.25, 0.3) is 0 Å². The Hall–Kier alpha value is -0.700. The molecule has 0 saturated heterocycles. The fourth-order valence-electron chi connectivity index (χ4n) is 0.532. The maximum atomic E-state index is 10.7. The number of hydrogen-bond donors (Lipinski definition) is 3. The van der Waals surface area contributed by atoms with Crippen molar-refractivity contribution >= 4 is 16.1 Å². The van der Waals surface area contributed by atoms with Crippen molar-refractivity contribution in [2.24, 2.45) is 5.73 Å². The van der Waals surface area contributed by atoms with Crippen LogP contribution < -0.4 is 5.73 Å². The lowest BCUT2D eigenvalue weighted by Crippen LogP contribution is -2.54. The zero-order valence-electron chi connectivity index (χ0n) is 11.3. The lowest BCUT2D eigenvalue weighted by Gasteiger charge is -2.28. The van der Waals surface area contributed by atoms with E-state index in [1.165, 1.54) is 14.1 Å². The van der Waals surface area contributed by atoms with Gasteiger partial charge in [0, 0.05) is 0 Å². The number of carbonyl (C=O) groups is 1. The highest BCUT2D eigenvalue weighted by atomic mass is 32.2. The number of nitrogens with two attached hydrogens (primary N) is 1. The molecule has 0 aromatic rings. The van der Waals surface area contributed by atoms with Crippen molar-refractivity contribution in [3.8, 4) is 0 Å². The average Bonchev–Trinajstić information content (AvgIpc) is 2.18. The molecule has 0 heterocycles. The Labute approximate surface area is 103 Å². The molecule has 0 aromatic heterocycles. The number of carboxylic acid groups (broad SMARTS) is 1. The molecule has 0 aliphatic heterocycles. The fraction of sp³-hybridized carbons (Fsp3) is 0.889. The second-order valence-corrected chi connectivity index (χ2v) is 4.81. The van der Waals surface area contributed by atoms with Crippen LogP contribution in [0.15, 0.2) is 0 Å². The van der Waals surface area contributed by atoms with E-state index >= 15 is 0 Å². The molecule has 0 saturated carbocycles. The third-order valence-electron chi connectivity index (χ3n) is 1.75. The lowest BCUT2D eigenvalue weighted by atomic mass is 10.3. The Bertz CT molecular complexity index is 303. The molecule has 0 aliphatic carbocycles. The van der Waals surface area contributed by atoms with Crippen LogP contribution in [0.1, 0.15) is 27.7 Å². The van der Waals surface area contributed by atoms with Gasteiger partial charge in [0.15, 0.2) is 0 Å². The van der Waals surface area contributed by atoms with Crippen LogP contribution in [-0.2, 0) is 14.9 Å². The van der Waals surface area contributed by atoms with Crippen LogP contribution in [0.2, 0.25) is 0 Å². The summed E-state index contributed by atoms with van der Waals surface area (Å²) in [4.78, 5) is 9.15. The van der Waals surface area contributed by atoms with Crippen molar-refractivity contribution in [2.75, 3.05) is 20.6 Å². The molecule has 0 aromatic carbocycles. The zero-order chi connectivity index (χ0) is 14.9. The Morgan fingerprint density at radius 2 is 1.59 bits per heavy atom. The molecule has 4 N–H and O–H groups in total. The summed E-state index contributed by atoms with van der Waals surface area (Å²) < 4.78 is 30.0. The SMILES string of the molecule is CC.CCN.CN(C)C(C)(C(=O)O)S(=O)(=O)O. The van der Waals surface area contributed by atoms with Gasteiger partial charge in [-0.25, -0.2) is 4.79 Å². The minimum absolute atomic E-state index is 0.750. The molecule has 0 fully saturated rings. The number of aliphatic carboxylic acids is 1. The third-order valence-corrected chi connectivity index (χ3v) is 3.30. The van der Waals surface area contributed by atoms with Crippen molar-refractivity contribution in [3.63, 3.8) is 0 Å². The second-order valence-electron chi connectivity index (χ2n) is 3.07. The molecule has 0 rings (SSSR count). The Kier molecular flexibility index (Phi) is 11.9. The molecule has 1 atom stereocenters. The molecule has 106 valence electrons. The monoisotopic (exact) mass is 272 g/mol. The summed E-state index contributed by atoms with van der Waals surface area (Å²) in [7, 11) is -2.13. The van der Waals surface area contributed by atoms with Gasteiger partial charge in [-0.3, -0.25) is 9.45 Å². The van der Waals surface area contributed by atoms with E-state index in [0.717, 1.165) is 18.4 Å². The molecule has 8 heteroatoms. The predicted octanol–water partition coefficient (Wildman–Crippen LogP) is 0.228. The van der Waals surface area contributed by atoms with E-state index < -0.39 is 21.0 Å². The summed E-state index contributed by atoms with van der Waals surface area (Å²) in [6.07, 6.45) is 0. The van der Waals surface area contributed by atoms with Crippen molar-refractivity contribution in [3.05, 3.63) is 0 Å². The molecule has 7 nitrogen and oxygen atoms in total. The summed E-state index contributed by atoms with van der Waals surface area (Å²) in [6.45, 7) is 7.56. The molecule has 0 radical (unpaired) electrons. The van der Waals surface area contributed by atoms with Gasteiger partial charge in [-0.2, -0.15) is 8.42 Å². The first-order valence-corrected chi connectivity index (χ1v) is 6.57. The summed E-state index contributed by atoms with van der Waals surface area (Å²) in [5.41, 5.74) is 4.85. The maximum Gasteiger partial charge on any atom is 0.342 e. The predicted molar refractivity (Wildman–Crippen MR) is 67.4 cm³/mol. The molecule has 0 bridgehead atoms. The lowest BCUT2D eigenvalue weighted by molar-refractivity contribution is -0.144. The number of hydrogen-bond acceptors (Lipinski definition) is 5. The first kappa shape index (κ1) is 21.6. The molecule has 0 spiro atoms. The highest BCUT2D eigenvalue weighted by molar-refractivity contribution is 7.88. The third kappa shape index (κ3) is 6.57. The summed E-state index contributed by atoms with van der Waals surface area (Å²) in [5.74, 6) is -1.62. The Morgan fingerprint density at radius 3 is 1.59 bits per heavy atom. The van der Waals surface area contributed by atoms with Crippen molar-refractivity contribution in [1.29, 1.82) is 0 Å². The van der Waals surface area contributed by atoms with Crippen LogP contribution in [0.5, 0.6) is 0 Å². The Balaban J connectivity index is -0.000000337. The molecule has 0 aliphatic rings. The van der Waals surface area contributed by atoms with Crippen LogP contribution >= 0.6 is 0 Å². The molecule has 0 amide bonds. The minimum Gasteiger partial charge on any atom is -0.479 e. The first-order chi connectivity index (χ1) is 7.55. The number of rotatable bonds is 3. The van der Waals surface area contributed by atoms with Gasteiger partial charge in [0.1, 0.15) is 0 Å². The number of nitrogens with zero attached hydrogens (tertiary/aromatic N) is 1. The van der Waals surface area contributed by atoms with Crippen molar-refractivity contribution in [1.82, 2.24) is 4.90 Å². The summed E-state index contributed by atoms with van der Waals surface area (Å²) >= 11 is 0. The minimum atomic E-state index is -4.64. The van der Waals surface area contributed by atoms with Gasteiger partial charge in [-0.1, -0.05) is 20.8 Å². The van der Waals surface area contributed by atoms with E-state index in [-0.39, 0.29) is 0 Å². The van der Waals surface area contributed by atoms with E-state index in [2.05, 4.69) is 0 Å². The zero-order valence-corrected chi connectivity index (χ0v) is 12.1. The molecule has 1 unspecified atom stereocenters.